The van der Waals surface area contributed by atoms with Crippen molar-refractivity contribution in [2.24, 2.45) is 0 Å². The van der Waals surface area contributed by atoms with Crippen LogP contribution in [0.3, 0.4) is 0 Å². The van der Waals surface area contributed by atoms with Gasteiger partial charge in [-0.15, -0.1) is 0 Å². The highest BCUT2D eigenvalue weighted by atomic mass is 19.4. The molecule has 188 valence electrons. The molecule has 2 aromatic carbocycles. The maximum Gasteiger partial charge on any atom is 0.407 e. The van der Waals surface area contributed by atoms with Crippen LogP contribution >= 0.6 is 0 Å². The molecule has 0 bridgehead atoms. The summed E-state index contributed by atoms with van der Waals surface area (Å²) in [6.07, 6.45) is -7.94. The minimum Gasteiger partial charge on any atom is -0.481 e. The molecule has 0 aromatic heterocycles. The summed E-state index contributed by atoms with van der Waals surface area (Å²) in [5, 5.41) is 11.0. The summed E-state index contributed by atoms with van der Waals surface area (Å²) >= 11 is 0. The van der Waals surface area contributed by atoms with E-state index in [0.29, 0.717) is 0 Å². The van der Waals surface area contributed by atoms with Crippen molar-refractivity contribution in [3.8, 4) is 11.1 Å². The highest BCUT2D eigenvalue weighted by Gasteiger charge is 2.39. The number of carbonyl (C=O) groups excluding carboxylic acids is 2. The lowest BCUT2D eigenvalue weighted by molar-refractivity contribution is -0.155. The second-order valence-electron chi connectivity index (χ2n) is 8.61. The van der Waals surface area contributed by atoms with Crippen molar-refractivity contribution < 1.29 is 37.4 Å². The minimum atomic E-state index is -4.74. The number of fused-ring (bicyclic) bond motifs is 3. The van der Waals surface area contributed by atoms with Gasteiger partial charge in [0.15, 0.2) is 0 Å². The molecule has 3 rings (SSSR count). The van der Waals surface area contributed by atoms with E-state index in [2.05, 4.69) is 0 Å². The highest BCUT2D eigenvalue weighted by Crippen LogP contribution is 2.44. The Labute approximate surface area is 200 Å². The molecule has 1 atom stereocenters. The second-order valence-corrected chi connectivity index (χ2v) is 8.61. The van der Waals surface area contributed by atoms with Gasteiger partial charge in [-0.05, 0) is 36.1 Å². The Balaban J connectivity index is 1.72. The van der Waals surface area contributed by atoms with E-state index in [0.717, 1.165) is 27.2 Å². The summed E-state index contributed by atoms with van der Waals surface area (Å²) in [6, 6.07) is 12.7. The zero-order valence-electron chi connectivity index (χ0n) is 19.3. The van der Waals surface area contributed by atoms with Crippen molar-refractivity contribution in [3.63, 3.8) is 0 Å². The van der Waals surface area contributed by atoms with Gasteiger partial charge in [-0.2, -0.15) is 13.2 Å². The van der Waals surface area contributed by atoms with Gasteiger partial charge >= 0.3 is 18.2 Å². The number of ether oxygens (including phenoxy) is 1. The summed E-state index contributed by atoms with van der Waals surface area (Å²) in [6.45, 7) is 2.70. The molecule has 10 heteroatoms. The number of hydrogen-bond donors (Lipinski definition) is 2. The molecule has 35 heavy (non-hydrogen) atoms. The van der Waals surface area contributed by atoms with Crippen LogP contribution in [0.2, 0.25) is 0 Å². The quantitative estimate of drug-likeness (QED) is 0.535. The molecule has 1 unspecified atom stereocenters. The van der Waals surface area contributed by atoms with Crippen molar-refractivity contribution in [1.82, 2.24) is 10.2 Å². The Hall–Kier alpha value is -3.56. The fourth-order valence-electron chi connectivity index (χ4n) is 4.25. The van der Waals surface area contributed by atoms with Gasteiger partial charge in [-0.1, -0.05) is 48.5 Å². The smallest absolute Gasteiger partial charge is 0.407 e. The monoisotopic (exact) mass is 492 g/mol. The maximum atomic E-state index is 13.2. The van der Waals surface area contributed by atoms with Crippen molar-refractivity contribution in [1.29, 1.82) is 0 Å². The Morgan fingerprint density at radius 3 is 2.06 bits per heavy atom. The van der Waals surface area contributed by atoms with Gasteiger partial charge in [0.05, 0.1) is 12.8 Å². The van der Waals surface area contributed by atoms with Crippen LogP contribution in [-0.4, -0.2) is 59.4 Å². The number of nitrogens with one attached hydrogen (secondary N) is 1. The molecule has 7 nitrogen and oxygen atoms in total. The van der Waals surface area contributed by atoms with Gasteiger partial charge < -0.3 is 20.1 Å². The van der Waals surface area contributed by atoms with Crippen LogP contribution in [0.5, 0.6) is 0 Å². The molecule has 0 saturated heterocycles. The molecular formula is C25H27F3N2O5. The van der Waals surface area contributed by atoms with E-state index in [1.54, 1.807) is 13.8 Å². The normalized spacial score (nSPS) is 13.7. The van der Waals surface area contributed by atoms with E-state index < -0.39 is 49.1 Å². The van der Waals surface area contributed by atoms with Gasteiger partial charge in [-0.3, -0.25) is 9.59 Å². The summed E-state index contributed by atoms with van der Waals surface area (Å²) in [4.78, 5) is 37.3. The van der Waals surface area contributed by atoms with Crippen molar-refractivity contribution in [3.05, 3.63) is 59.7 Å². The van der Waals surface area contributed by atoms with Gasteiger partial charge in [0.2, 0.25) is 5.91 Å². The van der Waals surface area contributed by atoms with E-state index >= 15 is 0 Å². The lowest BCUT2D eigenvalue weighted by atomic mass is 9.98. The third kappa shape index (κ3) is 6.52. The molecule has 1 aliphatic rings. The lowest BCUT2D eigenvalue weighted by Crippen LogP contribution is -2.52. The Kier molecular flexibility index (Phi) is 8.03. The molecule has 0 spiro atoms. The van der Waals surface area contributed by atoms with E-state index in [1.807, 2.05) is 53.8 Å². The van der Waals surface area contributed by atoms with E-state index in [9.17, 15) is 27.6 Å². The lowest BCUT2D eigenvalue weighted by Gasteiger charge is -2.31. The van der Waals surface area contributed by atoms with E-state index in [1.165, 1.54) is 0 Å². The van der Waals surface area contributed by atoms with Gasteiger partial charge in [0.25, 0.3) is 0 Å². The molecule has 0 fully saturated rings. The molecule has 0 radical (unpaired) electrons. The van der Waals surface area contributed by atoms with Gasteiger partial charge in [0.1, 0.15) is 12.6 Å². The Morgan fingerprint density at radius 2 is 1.57 bits per heavy atom. The molecular weight excluding hydrogens is 465 g/mol. The van der Waals surface area contributed by atoms with E-state index in [-0.39, 0.29) is 19.1 Å². The molecule has 0 saturated carbocycles. The minimum absolute atomic E-state index is 0.125. The number of alkyl halides is 3. The first-order chi connectivity index (χ1) is 16.5. The van der Waals surface area contributed by atoms with Crippen molar-refractivity contribution in [2.75, 3.05) is 13.2 Å². The number of carboxylic acid groups (broad SMARTS) is 1. The summed E-state index contributed by atoms with van der Waals surface area (Å²) < 4.78 is 44.9. The number of amides is 2. The average molecular weight is 492 g/mol. The predicted octanol–water partition coefficient (Wildman–Crippen LogP) is 4.56. The third-order valence-electron chi connectivity index (χ3n) is 5.84. The molecule has 2 aromatic rings. The number of nitrogens with zero attached hydrogens (tertiary/aromatic N) is 1. The number of alkyl carbamates (subject to hydrolysis) is 1. The number of aliphatic carboxylic acids is 1. The fourth-order valence-corrected chi connectivity index (χ4v) is 4.25. The first-order valence-electron chi connectivity index (χ1n) is 11.2. The van der Waals surface area contributed by atoms with Crippen LogP contribution < -0.4 is 5.32 Å². The SMILES string of the molecule is CC(C)N(CCC(=O)O)C(=O)C(CC(F)(F)F)NC(=O)OCC1c2ccccc2-c2ccccc21. The van der Waals surface area contributed by atoms with Crippen LogP contribution in [0.25, 0.3) is 11.1 Å². The van der Waals surface area contributed by atoms with Crippen LogP contribution in [0.1, 0.15) is 43.7 Å². The summed E-state index contributed by atoms with van der Waals surface area (Å²) in [5.41, 5.74) is 3.86. The van der Waals surface area contributed by atoms with Crippen LogP contribution in [0.15, 0.2) is 48.5 Å². The summed E-state index contributed by atoms with van der Waals surface area (Å²) in [7, 11) is 0. The molecule has 0 aliphatic heterocycles. The van der Waals surface area contributed by atoms with Gasteiger partial charge in [0, 0.05) is 18.5 Å². The van der Waals surface area contributed by atoms with Crippen molar-refractivity contribution >= 4 is 18.0 Å². The number of rotatable bonds is 9. The molecule has 1 aliphatic carbocycles. The standard InChI is InChI=1S/C25H27F3N2O5/c1-15(2)30(12-11-22(31)32)23(33)21(13-25(26,27)28)29-24(34)35-14-20-18-9-5-3-7-16(18)17-8-4-6-10-19(17)20/h3-10,15,20-21H,11-14H2,1-2H3,(H,29,34)(H,31,32). The highest BCUT2D eigenvalue weighted by molar-refractivity contribution is 5.86. The summed E-state index contributed by atoms with van der Waals surface area (Å²) in [5.74, 6) is -2.51. The average Bonchev–Trinajstić information content (AvgIpc) is 3.09. The number of carboxylic acids is 1. The fraction of sp³-hybridized carbons (Fsp3) is 0.400. The van der Waals surface area contributed by atoms with Crippen molar-refractivity contribution in [2.45, 2.75) is 50.9 Å². The number of hydrogen-bond acceptors (Lipinski definition) is 4. The maximum absolute atomic E-state index is 13.2. The number of benzene rings is 2. The Morgan fingerprint density at radius 1 is 1.03 bits per heavy atom. The zero-order valence-corrected chi connectivity index (χ0v) is 19.3. The van der Waals surface area contributed by atoms with Crippen LogP contribution in [-0.2, 0) is 14.3 Å². The zero-order chi connectivity index (χ0) is 25.8. The topological polar surface area (TPSA) is 95.9 Å². The first kappa shape index (κ1) is 26.1. The molecule has 0 heterocycles. The number of halogens is 3. The molecule has 2 N–H and O–H groups in total. The van der Waals surface area contributed by atoms with Crippen LogP contribution in [0, 0.1) is 0 Å². The number of carbonyl (C=O) groups is 3. The van der Waals surface area contributed by atoms with Gasteiger partial charge in [-0.25, -0.2) is 4.79 Å². The largest absolute Gasteiger partial charge is 0.481 e. The predicted molar refractivity (Wildman–Crippen MR) is 122 cm³/mol. The third-order valence-corrected chi connectivity index (χ3v) is 5.84. The Bertz CT molecular complexity index is 1040. The molecule has 2 amide bonds. The van der Waals surface area contributed by atoms with Crippen LogP contribution in [0.4, 0.5) is 18.0 Å². The first-order valence-corrected chi connectivity index (χ1v) is 11.2. The second kappa shape index (κ2) is 10.8. The van der Waals surface area contributed by atoms with E-state index in [4.69, 9.17) is 9.84 Å².